The van der Waals surface area contributed by atoms with Gasteiger partial charge in [-0.2, -0.15) is 0 Å². The monoisotopic (exact) mass is 517 g/mol. The summed E-state index contributed by atoms with van der Waals surface area (Å²) in [5.41, 5.74) is 1.66. The minimum atomic E-state index is -0.452. The van der Waals surface area contributed by atoms with E-state index in [2.05, 4.69) is 25.4 Å². The summed E-state index contributed by atoms with van der Waals surface area (Å²) in [5.74, 6) is 1.71. The van der Waals surface area contributed by atoms with Gasteiger partial charge in [-0.25, -0.2) is 9.07 Å². The molecule has 196 valence electrons. The Balaban J connectivity index is 1.29. The van der Waals surface area contributed by atoms with E-state index in [0.717, 1.165) is 31.1 Å². The first-order valence-corrected chi connectivity index (χ1v) is 13.1. The number of piperazine rings is 1. The number of ether oxygens (including phenoxy) is 2. The van der Waals surface area contributed by atoms with Gasteiger partial charge in [0.25, 0.3) is 5.56 Å². The number of anilines is 1. The predicted octanol–water partition coefficient (Wildman–Crippen LogP) is 3.41. The lowest BCUT2D eigenvalue weighted by molar-refractivity contribution is 0.174. The average Bonchev–Trinajstić information content (AvgIpc) is 3.71. The standard InChI is InChI=1S/C27H28FN7O3/c28-20-7-3-4-8-22(20)33-9-11-34(12-10-33)25(26-30-31-32-35(26)18-5-1-2-6-18)19-13-17-14-23-24(38-16-37-23)15-21(17)29-27(19)36/h3-4,7-8,13-15,18,25H,1-2,5-6,9-12,16H2,(H,29,36)/t25-/m0/s1. The van der Waals surface area contributed by atoms with Gasteiger partial charge in [-0.3, -0.25) is 9.69 Å². The number of pyridine rings is 1. The summed E-state index contributed by atoms with van der Waals surface area (Å²) in [6, 6.07) is 12.2. The van der Waals surface area contributed by atoms with E-state index >= 15 is 0 Å². The number of H-pyrrole nitrogens is 1. The number of nitrogens with zero attached hydrogens (tertiary/aromatic N) is 6. The van der Waals surface area contributed by atoms with Crippen LogP contribution in [0.4, 0.5) is 10.1 Å². The van der Waals surface area contributed by atoms with Crippen molar-refractivity contribution in [2.45, 2.75) is 37.8 Å². The second kappa shape index (κ2) is 9.39. The third kappa shape index (κ3) is 3.97. The first kappa shape index (κ1) is 23.2. The van der Waals surface area contributed by atoms with E-state index in [9.17, 15) is 9.18 Å². The van der Waals surface area contributed by atoms with E-state index in [1.807, 2.05) is 27.8 Å². The Morgan fingerprint density at radius 1 is 1.00 bits per heavy atom. The van der Waals surface area contributed by atoms with Gasteiger partial charge in [0, 0.05) is 43.2 Å². The summed E-state index contributed by atoms with van der Waals surface area (Å²) in [7, 11) is 0. The van der Waals surface area contributed by atoms with Crippen molar-refractivity contribution in [3.8, 4) is 11.5 Å². The minimum absolute atomic E-state index is 0.161. The molecule has 2 aromatic heterocycles. The fourth-order valence-corrected chi connectivity index (χ4v) is 6.03. The number of hydrogen-bond acceptors (Lipinski definition) is 8. The van der Waals surface area contributed by atoms with Crippen molar-refractivity contribution in [1.29, 1.82) is 0 Å². The predicted molar refractivity (Wildman–Crippen MR) is 138 cm³/mol. The zero-order chi connectivity index (χ0) is 25.6. The smallest absolute Gasteiger partial charge is 0.253 e. The maximum Gasteiger partial charge on any atom is 0.253 e. The quantitative estimate of drug-likeness (QED) is 0.430. The van der Waals surface area contributed by atoms with Crippen LogP contribution in [0, 0.1) is 5.82 Å². The Morgan fingerprint density at radius 3 is 2.55 bits per heavy atom. The van der Waals surface area contributed by atoms with E-state index in [1.165, 1.54) is 6.07 Å². The van der Waals surface area contributed by atoms with Crippen LogP contribution in [0.3, 0.4) is 0 Å². The summed E-state index contributed by atoms with van der Waals surface area (Å²) in [6.45, 7) is 2.64. The molecule has 7 rings (SSSR count). The second-order valence-electron chi connectivity index (χ2n) is 10.1. The van der Waals surface area contributed by atoms with Gasteiger partial charge < -0.3 is 19.4 Å². The summed E-state index contributed by atoms with van der Waals surface area (Å²) in [5, 5.41) is 13.7. The van der Waals surface area contributed by atoms with Crippen molar-refractivity contribution in [2.75, 3.05) is 37.9 Å². The molecule has 1 aliphatic carbocycles. The molecule has 1 N–H and O–H groups in total. The number of tetrazole rings is 1. The van der Waals surface area contributed by atoms with E-state index in [0.29, 0.717) is 60.3 Å². The van der Waals surface area contributed by atoms with E-state index in [4.69, 9.17) is 9.47 Å². The minimum Gasteiger partial charge on any atom is -0.454 e. The molecular formula is C27H28FN7O3. The van der Waals surface area contributed by atoms with Crippen LogP contribution in [-0.4, -0.2) is 63.1 Å². The Bertz CT molecular complexity index is 1540. The van der Waals surface area contributed by atoms with Crippen LogP contribution in [0.25, 0.3) is 10.9 Å². The lowest BCUT2D eigenvalue weighted by Gasteiger charge is -2.39. The molecule has 0 bridgehead atoms. The summed E-state index contributed by atoms with van der Waals surface area (Å²) >= 11 is 0. The maximum absolute atomic E-state index is 14.5. The van der Waals surface area contributed by atoms with E-state index in [1.54, 1.807) is 18.2 Å². The number of para-hydroxylation sites is 1. The summed E-state index contributed by atoms with van der Waals surface area (Å²) in [6.07, 6.45) is 4.31. The lowest BCUT2D eigenvalue weighted by Crippen LogP contribution is -2.49. The SMILES string of the molecule is O=c1[nH]c2cc3c(cc2cc1[C@@H](c1nnnn1C1CCCC1)N1CCN(c2ccccc2F)CC1)OCO3. The zero-order valence-electron chi connectivity index (χ0n) is 20.8. The fraction of sp³-hybridized carbons (Fsp3) is 0.407. The van der Waals surface area contributed by atoms with Crippen LogP contribution < -0.4 is 19.9 Å². The van der Waals surface area contributed by atoms with Crippen LogP contribution in [0.2, 0.25) is 0 Å². The molecule has 4 aromatic rings. The normalized spacial score (nSPS) is 18.9. The number of halogens is 1. The van der Waals surface area contributed by atoms with E-state index in [-0.39, 0.29) is 24.2 Å². The van der Waals surface area contributed by atoms with Crippen molar-refractivity contribution in [2.24, 2.45) is 0 Å². The molecule has 0 amide bonds. The molecule has 1 saturated heterocycles. The van der Waals surface area contributed by atoms with Crippen molar-refractivity contribution in [3.05, 3.63) is 70.0 Å². The van der Waals surface area contributed by atoms with Crippen molar-refractivity contribution >= 4 is 16.6 Å². The lowest BCUT2D eigenvalue weighted by atomic mass is 10.0. The van der Waals surface area contributed by atoms with Crippen LogP contribution in [0.5, 0.6) is 11.5 Å². The number of nitrogens with one attached hydrogen (secondary N) is 1. The van der Waals surface area contributed by atoms with Crippen LogP contribution in [0.1, 0.15) is 49.2 Å². The third-order valence-electron chi connectivity index (χ3n) is 7.97. The number of aromatic nitrogens is 5. The highest BCUT2D eigenvalue weighted by Crippen LogP contribution is 2.38. The largest absolute Gasteiger partial charge is 0.454 e. The number of aromatic amines is 1. The van der Waals surface area contributed by atoms with Gasteiger partial charge in [0.05, 0.1) is 17.2 Å². The molecule has 2 aliphatic heterocycles. The first-order valence-electron chi connectivity index (χ1n) is 13.1. The van der Waals surface area contributed by atoms with Gasteiger partial charge in [-0.15, -0.1) is 5.10 Å². The molecule has 38 heavy (non-hydrogen) atoms. The Labute approximate surface area is 218 Å². The van der Waals surface area contributed by atoms with Gasteiger partial charge in [0.2, 0.25) is 6.79 Å². The third-order valence-corrected chi connectivity index (χ3v) is 7.97. The summed E-state index contributed by atoms with van der Waals surface area (Å²) in [4.78, 5) is 20.9. The Kier molecular flexibility index (Phi) is 5.72. The van der Waals surface area contributed by atoms with Crippen LogP contribution >= 0.6 is 0 Å². The molecule has 1 saturated carbocycles. The average molecular weight is 518 g/mol. The van der Waals surface area contributed by atoms with Crippen molar-refractivity contribution in [3.63, 3.8) is 0 Å². The Hall–Kier alpha value is -3.99. The number of hydrogen-bond donors (Lipinski definition) is 1. The molecule has 1 atom stereocenters. The first-order chi connectivity index (χ1) is 18.7. The number of benzene rings is 2. The molecule has 11 heteroatoms. The molecule has 4 heterocycles. The molecule has 10 nitrogen and oxygen atoms in total. The second-order valence-corrected chi connectivity index (χ2v) is 10.1. The van der Waals surface area contributed by atoms with Gasteiger partial charge in [0.15, 0.2) is 17.3 Å². The highest BCUT2D eigenvalue weighted by Gasteiger charge is 2.35. The van der Waals surface area contributed by atoms with Gasteiger partial charge >= 0.3 is 0 Å². The molecule has 2 aromatic carbocycles. The van der Waals surface area contributed by atoms with Gasteiger partial charge in [-0.05, 0) is 47.5 Å². The zero-order valence-corrected chi connectivity index (χ0v) is 20.8. The van der Waals surface area contributed by atoms with Crippen LogP contribution in [0.15, 0.2) is 47.3 Å². The number of fused-ring (bicyclic) bond motifs is 2. The maximum atomic E-state index is 14.5. The molecule has 2 fully saturated rings. The molecule has 0 radical (unpaired) electrons. The number of rotatable bonds is 5. The highest BCUT2D eigenvalue weighted by atomic mass is 19.1. The fourth-order valence-electron chi connectivity index (χ4n) is 6.03. The molecule has 3 aliphatic rings. The highest BCUT2D eigenvalue weighted by molar-refractivity contribution is 5.83. The molecule has 0 unspecified atom stereocenters. The van der Waals surface area contributed by atoms with Crippen molar-refractivity contribution < 1.29 is 13.9 Å². The molecule has 0 spiro atoms. The van der Waals surface area contributed by atoms with Crippen molar-refractivity contribution in [1.82, 2.24) is 30.1 Å². The van der Waals surface area contributed by atoms with E-state index < -0.39 is 6.04 Å². The van der Waals surface area contributed by atoms with Gasteiger partial charge in [-0.1, -0.05) is 25.0 Å². The van der Waals surface area contributed by atoms with Crippen LogP contribution in [-0.2, 0) is 0 Å². The Morgan fingerprint density at radius 2 is 1.76 bits per heavy atom. The van der Waals surface area contributed by atoms with Gasteiger partial charge in [0.1, 0.15) is 11.9 Å². The molecular weight excluding hydrogens is 489 g/mol. The topological polar surface area (TPSA) is 101 Å². The summed E-state index contributed by atoms with van der Waals surface area (Å²) < 4.78 is 27.5.